The number of benzene rings is 1. The molecule has 0 bridgehead atoms. The monoisotopic (exact) mass is 418 g/mol. The molecule has 0 aliphatic rings. The molecule has 0 atom stereocenters. The Morgan fingerprint density at radius 3 is 2.54 bits per heavy atom. The second-order valence-corrected chi connectivity index (χ2v) is 8.19. The maximum atomic E-state index is 12.6. The Kier molecular flexibility index (Phi) is 8.01. The van der Waals surface area contributed by atoms with Crippen LogP contribution in [0, 0.1) is 5.41 Å². The predicted octanol–water partition coefficient (Wildman–Crippen LogP) is 3.07. The number of hydrogen-bond donors (Lipinski definition) is 3. The van der Waals surface area contributed by atoms with Crippen LogP contribution in [0.1, 0.15) is 26.7 Å². The van der Waals surface area contributed by atoms with Gasteiger partial charge in [0.2, 0.25) is 5.91 Å². The lowest BCUT2D eigenvalue weighted by Gasteiger charge is -2.28. The highest BCUT2D eigenvalue weighted by atomic mass is 35.5. The molecule has 0 saturated carbocycles. The van der Waals surface area contributed by atoms with Gasteiger partial charge in [-0.25, -0.2) is 13.4 Å². The third-order valence-electron chi connectivity index (χ3n) is 4.28. The second-order valence-electron chi connectivity index (χ2n) is 5.62. The second kappa shape index (κ2) is 9.31. The normalized spacial score (nSPS) is 11.5. The third-order valence-corrected chi connectivity index (χ3v) is 6.44. The smallest absolute Gasteiger partial charge is 0.263 e. The van der Waals surface area contributed by atoms with E-state index in [0.717, 1.165) is 0 Å². The van der Waals surface area contributed by atoms with Crippen LogP contribution in [0.3, 0.4) is 0 Å². The van der Waals surface area contributed by atoms with Crippen LogP contribution in [0.25, 0.3) is 0 Å². The van der Waals surface area contributed by atoms with Gasteiger partial charge in [0.1, 0.15) is 0 Å². The van der Waals surface area contributed by atoms with Crippen molar-refractivity contribution in [2.75, 3.05) is 16.6 Å². The zero-order chi connectivity index (χ0) is 18.5. The van der Waals surface area contributed by atoms with E-state index in [1.807, 2.05) is 13.8 Å². The average Bonchev–Trinajstić information content (AvgIpc) is 3.09. The first-order valence-corrected chi connectivity index (χ1v) is 10.3. The molecule has 1 aromatic heterocycles. The molecule has 0 spiro atoms. The molecule has 26 heavy (non-hydrogen) atoms. The van der Waals surface area contributed by atoms with Gasteiger partial charge in [0, 0.05) is 23.8 Å². The van der Waals surface area contributed by atoms with Crippen molar-refractivity contribution < 1.29 is 13.2 Å². The molecule has 4 N–H and O–H groups in total. The standard InChI is InChI=1S/C16H22N4O3S2.ClH/c1-3-16(4-2,11-17)14(21)19-12-6-5-7-13(10-12)25(22,23)20-15-18-8-9-24-15;/h5-10H,3-4,11,17H2,1-2H3,(H,18,20)(H,19,21);1H. The Morgan fingerprint density at radius 1 is 1.31 bits per heavy atom. The minimum absolute atomic E-state index is 0. The molecular formula is C16H23ClN4O3S2. The molecule has 1 heterocycles. The molecule has 2 rings (SSSR count). The van der Waals surface area contributed by atoms with Gasteiger partial charge < -0.3 is 11.1 Å². The summed E-state index contributed by atoms with van der Waals surface area (Å²) in [7, 11) is -3.77. The highest BCUT2D eigenvalue weighted by molar-refractivity contribution is 7.93. The summed E-state index contributed by atoms with van der Waals surface area (Å²) in [5, 5.41) is 4.75. The van der Waals surface area contributed by atoms with Gasteiger partial charge in [-0.15, -0.1) is 23.7 Å². The molecule has 7 nitrogen and oxygen atoms in total. The molecule has 0 saturated heterocycles. The molecule has 1 amide bonds. The van der Waals surface area contributed by atoms with E-state index in [1.165, 1.54) is 29.7 Å². The molecule has 1 aromatic carbocycles. The minimum Gasteiger partial charge on any atom is -0.329 e. The third kappa shape index (κ3) is 4.94. The van der Waals surface area contributed by atoms with Gasteiger partial charge >= 0.3 is 0 Å². The van der Waals surface area contributed by atoms with E-state index < -0.39 is 15.4 Å². The number of anilines is 2. The van der Waals surface area contributed by atoms with Gasteiger partial charge in [-0.1, -0.05) is 19.9 Å². The Balaban J connectivity index is 0.00000338. The number of nitrogens with zero attached hydrogens (tertiary/aromatic N) is 1. The van der Waals surface area contributed by atoms with Crippen molar-refractivity contribution in [3.05, 3.63) is 35.8 Å². The number of carbonyl (C=O) groups is 1. The molecule has 0 aliphatic heterocycles. The quantitative estimate of drug-likeness (QED) is 0.609. The lowest BCUT2D eigenvalue weighted by Crippen LogP contribution is -2.41. The van der Waals surface area contributed by atoms with Crippen LogP contribution in [0.5, 0.6) is 0 Å². The number of halogens is 1. The van der Waals surface area contributed by atoms with Crippen molar-refractivity contribution >= 4 is 50.5 Å². The van der Waals surface area contributed by atoms with Gasteiger partial charge in [-0.05, 0) is 31.0 Å². The van der Waals surface area contributed by atoms with Crippen LogP contribution < -0.4 is 15.8 Å². The topological polar surface area (TPSA) is 114 Å². The van der Waals surface area contributed by atoms with E-state index in [-0.39, 0.29) is 34.9 Å². The number of rotatable bonds is 8. The van der Waals surface area contributed by atoms with Crippen molar-refractivity contribution in [1.82, 2.24) is 4.98 Å². The molecule has 144 valence electrons. The molecule has 2 aromatic rings. The number of amides is 1. The fourth-order valence-corrected chi connectivity index (χ4v) is 4.24. The van der Waals surface area contributed by atoms with Crippen molar-refractivity contribution in [2.24, 2.45) is 11.1 Å². The summed E-state index contributed by atoms with van der Waals surface area (Å²) < 4.78 is 27.3. The molecule has 0 radical (unpaired) electrons. The summed E-state index contributed by atoms with van der Waals surface area (Å²) in [4.78, 5) is 16.5. The first kappa shape index (κ1) is 22.4. The summed E-state index contributed by atoms with van der Waals surface area (Å²) in [5.74, 6) is -0.206. The van der Waals surface area contributed by atoms with E-state index >= 15 is 0 Å². The van der Waals surface area contributed by atoms with Crippen LogP contribution in [0.4, 0.5) is 10.8 Å². The van der Waals surface area contributed by atoms with Crippen LogP contribution in [-0.2, 0) is 14.8 Å². The highest BCUT2D eigenvalue weighted by Crippen LogP contribution is 2.28. The maximum absolute atomic E-state index is 12.6. The number of sulfonamides is 1. The predicted molar refractivity (Wildman–Crippen MR) is 107 cm³/mol. The number of hydrogen-bond acceptors (Lipinski definition) is 6. The lowest BCUT2D eigenvalue weighted by molar-refractivity contribution is -0.125. The SMILES string of the molecule is CCC(CC)(CN)C(=O)Nc1cccc(S(=O)(=O)Nc2nccs2)c1.Cl. The molecule has 0 fully saturated rings. The highest BCUT2D eigenvalue weighted by Gasteiger charge is 2.33. The van der Waals surface area contributed by atoms with Gasteiger partial charge in [0.15, 0.2) is 5.13 Å². The van der Waals surface area contributed by atoms with Crippen molar-refractivity contribution in [1.29, 1.82) is 0 Å². The average molecular weight is 419 g/mol. The zero-order valence-electron chi connectivity index (χ0n) is 14.6. The Labute approximate surface area is 163 Å². The van der Waals surface area contributed by atoms with Gasteiger partial charge in [0.25, 0.3) is 10.0 Å². The first-order chi connectivity index (χ1) is 11.9. The van der Waals surface area contributed by atoms with E-state index in [2.05, 4.69) is 15.0 Å². The van der Waals surface area contributed by atoms with Crippen LogP contribution in [0.2, 0.25) is 0 Å². The summed E-state index contributed by atoms with van der Waals surface area (Å²) >= 11 is 1.19. The Morgan fingerprint density at radius 2 is 2.00 bits per heavy atom. The van der Waals surface area contributed by atoms with Crippen LogP contribution in [0.15, 0.2) is 40.7 Å². The fraction of sp³-hybridized carbons (Fsp3) is 0.375. The largest absolute Gasteiger partial charge is 0.329 e. The number of thiazole rings is 1. The minimum atomic E-state index is -3.77. The van der Waals surface area contributed by atoms with Crippen molar-refractivity contribution in [3.63, 3.8) is 0 Å². The molecule has 0 unspecified atom stereocenters. The lowest BCUT2D eigenvalue weighted by atomic mass is 9.81. The van der Waals surface area contributed by atoms with E-state index in [0.29, 0.717) is 18.5 Å². The van der Waals surface area contributed by atoms with E-state index in [4.69, 9.17) is 5.73 Å². The maximum Gasteiger partial charge on any atom is 0.263 e. The Bertz CT molecular complexity index is 814. The van der Waals surface area contributed by atoms with Crippen LogP contribution in [-0.4, -0.2) is 25.9 Å². The fourth-order valence-electron chi connectivity index (χ4n) is 2.40. The van der Waals surface area contributed by atoms with E-state index in [9.17, 15) is 13.2 Å². The van der Waals surface area contributed by atoms with Crippen molar-refractivity contribution in [3.8, 4) is 0 Å². The molecule has 0 aliphatic carbocycles. The number of aromatic nitrogens is 1. The summed E-state index contributed by atoms with van der Waals surface area (Å²) in [6, 6.07) is 6.10. The Hall–Kier alpha value is -1.68. The first-order valence-electron chi connectivity index (χ1n) is 7.91. The van der Waals surface area contributed by atoms with Gasteiger partial charge in [-0.2, -0.15) is 0 Å². The molecular weight excluding hydrogens is 396 g/mol. The molecule has 10 heteroatoms. The van der Waals surface area contributed by atoms with E-state index in [1.54, 1.807) is 17.5 Å². The number of nitrogens with two attached hydrogens (primary N) is 1. The number of carbonyl (C=O) groups excluding carboxylic acids is 1. The summed E-state index contributed by atoms with van der Waals surface area (Å²) in [6.45, 7) is 4.05. The van der Waals surface area contributed by atoms with Gasteiger partial charge in [0.05, 0.1) is 10.3 Å². The summed E-state index contributed by atoms with van der Waals surface area (Å²) in [5.41, 5.74) is 5.54. The number of nitrogens with one attached hydrogen (secondary N) is 2. The van der Waals surface area contributed by atoms with Crippen LogP contribution >= 0.6 is 23.7 Å². The van der Waals surface area contributed by atoms with Gasteiger partial charge in [-0.3, -0.25) is 9.52 Å². The summed E-state index contributed by atoms with van der Waals surface area (Å²) in [6.07, 6.45) is 2.73. The van der Waals surface area contributed by atoms with Crippen molar-refractivity contribution in [2.45, 2.75) is 31.6 Å². The zero-order valence-corrected chi connectivity index (χ0v) is 17.0.